The van der Waals surface area contributed by atoms with Crippen LogP contribution in [0.5, 0.6) is 0 Å². The molecule has 0 radical (unpaired) electrons. The summed E-state index contributed by atoms with van der Waals surface area (Å²) < 4.78 is 0. The lowest BCUT2D eigenvalue weighted by atomic mass is 9.96. The molecular formula is C16H27N3O. The van der Waals surface area contributed by atoms with Crippen LogP contribution in [0.1, 0.15) is 39.3 Å². The van der Waals surface area contributed by atoms with Crippen molar-refractivity contribution in [1.82, 2.24) is 10.2 Å². The Morgan fingerprint density at radius 1 is 1.25 bits per heavy atom. The van der Waals surface area contributed by atoms with E-state index in [4.69, 9.17) is 0 Å². The second-order valence-corrected chi connectivity index (χ2v) is 6.48. The average Bonchev–Trinajstić information content (AvgIpc) is 2.36. The Kier molecular flexibility index (Phi) is 5.57. The first-order valence-electron chi connectivity index (χ1n) is 7.02. The second kappa shape index (κ2) is 6.75. The van der Waals surface area contributed by atoms with E-state index in [9.17, 15) is 4.79 Å². The molecule has 0 aliphatic rings. The first kappa shape index (κ1) is 16.5. The molecule has 0 fully saturated rings. The van der Waals surface area contributed by atoms with E-state index in [1.807, 2.05) is 38.4 Å². The summed E-state index contributed by atoms with van der Waals surface area (Å²) in [6.07, 6.45) is 0. The smallest absolute Gasteiger partial charge is 0.321 e. The average molecular weight is 277 g/mol. The Labute approximate surface area is 122 Å². The number of rotatable bonds is 4. The Hall–Kier alpha value is -1.55. The number of amides is 2. The van der Waals surface area contributed by atoms with E-state index >= 15 is 0 Å². The molecule has 2 amide bonds. The third-order valence-corrected chi connectivity index (χ3v) is 3.15. The highest BCUT2D eigenvalue weighted by Crippen LogP contribution is 2.17. The van der Waals surface area contributed by atoms with Crippen molar-refractivity contribution in [3.8, 4) is 0 Å². The molecule has 1 rings (SSSR count). The second-order valence-electron chi connectivity index (χ2n) is 6.48. The predicted octanol–water partition coefficient (Wildman–Crippen LogP) is 3.48. The molecule has 1 aromatic carbocycles. The summed E-state index contributed by atoms with van der Waals surface area (Å²) in [5, 5.41) is 6.10. The molecule has 2 N–H and O–H groups in total. The van der Waals surface area contributed by atoms with Gasteiger partial charge in [0.1, 0.15) is 0 Å². The summed E-state index contributed by atoms with van der Waals surface area (Å²) in [5.74, 6) is 0. The van der Waals surface area contributed by atoms with Gasteiger partial charge in [-0.05, 0) is 37.1 Å². The van der Waals surface area contributed by atoms with Crippen LogP contribution in [-0.2, 0) is 0 Å². The van der Waals surface area contributed by atoms with E-state index in [-0.39, 0.29) is 11.4 Å². The maximum absolute atomic E-state index is 12.1. The van der Waals surface area contributed by atoms with E-state index < -0.39 is 0 Å². The highest BCUT2D eigenvalue weighted by atomic mass is 16.2. The van der Waals surface area contributed by atoms with Gasteiger partial charge in [-0.3, -0.25) is 0 Å². The van der Waals surface area contributed by atoms with Gasteiger partial charge in [-0.15, -0.1) is 0 Å². The summed E-state index contributed by atoms with van der Waals surface area (Å²) in [6, 6.07) is 8.16. The molecule has 0 saturated heterocycles. The quantitative estimate of drug-likeness (QED) is 0.885. The molecule has 0 heterocycles. The maximum Gasteiger partial charge on any atom is 0.321 e. The van der Waals surface area contributed by atoms with Gasteiger partial charge in [0.15, 0.2) is 0 Å². The summed E-state index contributed by atoms with van der Waals surface area (Å²) in [5.41, 5.74) is 2.12. The fourth-order valence-electron chi connectivity index (χ4n) is 2.02. The van der Waals surface area contributed by atoms with Gasteiger partial charge in [0.05, 0.1) is 0 Å². The third-order valence-electron chi connectivity index (χ3n) is 3.15. The summed E-state index contributed by atoms with van der Waals surface area (Å²) in [4.78, 5) is 13.8. The lowest BCUT2D eigenvalue weighted by molar-refractivity contribution is 0.201. The molecular weight excluding hydrogens is 250 g/mol. The Morgan fingerprint density at radius 2 is 1.80 bits per heavy atom. The standard InChI is InChI=1S/C16H27N3O/c1-12(17-5)13-7-9-14(10-8-13)18-15(20)19(6)11-16(2,3)4/h7-10,12,17H,11H2,1-6H3,(H,18,20). The molecule has 112 valence electrons. The van der Waals surface area contributed by atoms with Crippen LogP contribution in [0.4, 0.5) is 10.5 Å². The van der Waals surface area contributed by atoms with Gasteiger partial charge in [0.2, 0.25) is 0 Å². The topological polar surface area (TPSA) is 44.4 Å². The molecule has 4 nitrogen and oxygen atoms in total. The van der Waals surface area contributed by atoms with Crippen LogP contribution in [0.3, 0.4) is 0 Å². The summed E-state index contributed by atoms with van der Waals surface area (Å²) in [7, 11) is 3.75. The van der Waals surface area contributed by atoms with Crippen molar-refractivity contribution in [1.29, 1.82) is 0 Å². The minimum absolute atomic E-state index is 0.0747. The number of benzene rings is 1. The maximum atomic E-state index is 12.1. The van der Waals surface area contributed by atoms with Crippen molar-refractivity contribution >= 4 is 11.7 Å². The molecule has 1 unspecified atom stereocenters. The summed E-state index contributed by atoms with van der Waals surface area (Å²) >= 11 is 0. The molecule has 1 aromatic rings. The van der Waals surface area contributed by atoms with Crippen LogP contribution in [0, 0.1) is 5.41 Å². The largest absolute Gasteiger partial charge is 0.327 e. The number of nitrogens with zero attached hydrogens (tertiary/aromatic N) is 1. The van der Waals surface area contributed by atoms with Crippen LogP contribution in [-0.4, -0.2) is 31.6 Å². The highest BCUT2D eigenvalue weighted by Gasteiger charge is 2.17. The first-order valence-corrected chi connectivity index (χ1v) is 7.02. The van der Waals surface area contributed by atoms with E-state index in [0.29, 0.717) is 12.6 Å². The molecule has 0 aromatic heterocycles. The SMILES string of the molecule is CNC(C)c1ccc(NC(=O)N(C)CC(C)(C)C)cc1. The van der Waals surface area contributed by atoms with E-state index in [0.717, 1.165) is 5.69 Å². The van der Waals surface area contributed by atoms with Crippen molar-refractivity contribution in [3.63, 3.8) is 0 Å². The number of urea groups is 1. The normalized spacial score (nSPS) is 12.9. The molecule has 0 spiro atoms. The zero-order chi connectivity index (χ0) is 15.3. The molecule has 0 bridgehead atoms. The molecule has 1 atom stereocenters. The Morgan fingerprint density at radius 3 is 2.25 bits per heavy atom. The van der Waals surface area contributed by atoms with Crippen LogP contribution >= 0.6 is 0 Å². The molecule has 4 heteroatoms. The van der Waals surface area contributed by atoms with Gasteiger partial charge in [-0.1, -0.05) is 32.9 Å². The number of carbonyl (C=O) groups excluding carboxylic acids is 1. The Balaban J connectivity index is 2.62. The van der Waals surface area contributed by atoms with E-state index in [1.165, 1.54) is 5.56 Å². The first-order chi connectivity index (χ1) is 9.23. The monoisotopic (exact) mass is 277 g/mol. The van der Waals surface area contributed by atoms with Crippen LogP contribution in [0.2, 0.25) is 0 Å². The van der Waals surface area contributed by atoms with Crippen molar-refractivity contribution < 1.29 is 4.79 Å². The summed E-state index contributed by atoms with van der Waals surface area (Å²) in [6.45, 7) is 9.17. The van der Waals surface area contributed by atoms with Crippen molar-refractivity contribution in [2.24, 2.45) is 5.41 Å². The van der Waals surface area contributed by atoms with Crippen molar-refractivity contribution in [2.45, 2.75) is 33.7 Å². The number of carbonyl (C=O) groups is 1. The number of anilines is 1. The van der Waals surface area contributed by atoms with Crippen molar-refractivity contribution in [3.05, 3.63) is 29.8 Å². The fraction of sp³-hybridized carbons (Fsp3) is 0.562. The molecule has 20 heavy (non-hydrogen) atoms. The third kappa shape index (κ3) is 5.21. The number of hydrogen-bond acceptors (Lipinski definition) is 2. The Bertz CT molecular complexity index is 434. The van der Waals surface area contributed by atoms with Gasteiger partial charge < -0.3 is 15.5 Å². The van der Waals surface area contributed by atoms with Gasteiger partial charge in [-0.25, -0.2) is 4.79 Å². The van der Waals surface area contributed by atoms with E-state index in [1.54, 1.807) is 4.90 Å². The van der Waals surface area contributed by atoms with Gasteiger partial charge >= 0.3 is 6.03 Å². The minimum atomic E-state index is -0.0747. The molecule has 0 aliphatic carbocycles. The van der Waals surface area contributed by atoms with E-state index in [2.05, 4.69) is 38.3 Å². The van der Waals surface area contributed by atoms with Crippen LogP contribution in [0.15, 0.2) is 24.3 Å². The lowest BCUT2D eigenvalue weighted by Gasteiger charge is -2.26. The number of nitrogens with one attached hydrogen (secondary N) is 2. The van der Waals surface area contributed by atoms with Crippen molar-refractivity contribution in [2.75, 3.05) is 26.0 Å². The van der Waals surface area contributed by atoms with Gasteiger partial charge in [0, 0.05) is 25.3 Å². The highest BCUT2D eigenvalue weighted by molar-refractivity contribution is 5.89. The van der Waals surface area contributed by atoms with Gasteiger partial charge in [0.25, 0.3) is 0 Å². The van der Waals surface area contributed by atoms with Gasteiger partial charge in [-0.2, -0.15) is 0 Å². The fourth-order valence-corrected chi connectivity index (χ4v) is 2.02. The zero-order valence-corrected chi connectivity index (χ0v) is 13.4. The van der Waals surface area contributed by atoms with Crippen LogP contribution < -0.4 is 10.6 Å². The molecule has 0 aliphatic heterocycles. The van der Waals surface area contributed by atoms with Crippen LogP contribution in [0.25, 0.3) is 0 Å². The minimum Gasteiger partial charge on any atom is -0.327 e. The predicted molar refractivity (Wildman–Crippen MR) is 85.0 cm³/mol. The molecule has 0 saturated carbocycles. The zero-order valence-electron chi connectivity index (χ0n) is 13.4. The number of hydrogen-bond donors (Lipinski definition) is 2. The lowest BCUT2D eigenvalue weighted by Crippen LogP contribution is -2.37.